The van der Waals surface area contributed by atoms with Gasteiger partial charge in [-0.2, -0.15) is 0 Å². The molecule has 8 heteroatoms. The molecule has 48 heavy (non-hydrogen) atoms. The molecule has 0 saturated heterocycles. The van der Waals surface area contributed by atoms with Gasteiger partial charge >= 0.3 is 17.9 Å². The Bertz CT molecular complexity index is 1400. The van der Waals surface area contributed by atoms with Crippen LogP contribution in [0.4, 0.5) is 4.39 Å². The molecule has 0 saturated carbocycles. The number of hydrogen-bond acceptors (Lipinski definition) is 7. The Labute approximate surface area is 285 Å². The van der Waals surface area contributed by atoms with Gasteiger partial charge in [-0.1, -0.05) is 84.5 Å². The van der Waals surface area contributed by atoms with Crippen LogP contribution in [-0.4, -0.2) is 30.6 Å². The lowest BCUT2D eigenvalue weighted by molar-refractivity contribution is 0.0318. The van der Waals surface area contributed by atoms with E-state index in [1.165, 1.54) is 81.3 Å². The van der Waals surface area contributed by atoms with E-state index < -0.39 is 23.7 Å². The number of unbranched alkanes of at least 4 members (excludes halogenated alkanes) is 11. The highest BCUT2D eigenvalue weighted by atomic mass is 19.1. The van der Waals surface area contributed by atoms with E-state index >= 15 is 0 Å². The van der Waals surface area contributed by atoms with Gasteiger partial charge in [-0.25, -0.2) is 18.8 Å². The van der Waals surface area contributed by atoms with Crippen molar-refractivity contribution >= 4 is 17.9 Å². The van der Waals surface area contributed by atoms with Crippen LogP contribution in [0.3, 0.4) is 0 Å². The van der Waals surface area contributed by atoms with Crippen LogP contribution in [0.2, 0.25) is 0 Å². The summed E-state index contributed by atoms with van der Waals surface area (Å²) in [4.78, 5) is 37.7. The van der Waals surface area contributed by atoms with Gasteiger partial charge in [-0.05, 0) is 92.9 Å². The van der Waals surface area contributed by atoms with Crippen LogP contribution in [0.25, 0.3) is 0 Å². The number of ether oxygens (including phenoxy) is 4. The number of rotatable bonds is 22. The molecule has 0 aliphatic rings. The van der Waals surface area contributed by atoms with Crippen molar-refractivity contribution in [3.05, 3.63) is 89.2 Å². The second kappa shape index (κ2) is 21.6. The summed E-state index contributed by atoms with van der Waals surface area (Å²) >= 11 is 0. The molecular weight excluding hydrogens is 611 g/mol. The fourth-order valence-corrected chi connectivity index (χ4v) is 5.15. The van der Waals surface area contributed by atoms with Crippen molar-refractivity contribution in [3.8, 4) is 17.2 Å². The van der Waals surface area contributed by atoms with Crippen molar-refractivity contribution in [3.63, 3.8) is 0 Å². The first kappa shape index (κ1) is 38.2. The van der Waals surface area contributed by atoms with Crippen LogP contribution in [-0.2, 0) is 4.74 Å². The maximum Gasteiger partial charge on any atom is 0.343 e. The highest BCUT2D eigenvalue weighted by molar-refractivity contribution is 5.93. The molecule has 3 aromatic rings. The first-order valence-corrected chi connectivity index (χ1v) is 17.6. The van der Waals surface area contributed by atoms with Gasteiger partial charge in [-0.15, -0.1) is 0 Å². The Morgan fingerprint density at radius 3 is 1.67 bits per heavy atom. The molecule has 0 amide bonds. The van der Waals surface area contributed by atoms with Crippen LogP contribution in [0.15, 0.2) is 66.7 Å². The lowest BCUT2D eigenvalue weighted by Gasteiger charge is -2.13. The van der Waals surface area contributed by atoms with Crippen molar-refractivity contribution in [2.45, 2.75) is 117 Å². The number of carbonyl (C=O) groups excluding carboxylic acids is 3. The summed E-state index contributed by atoms with van der Waals surface area (Å²) in [5.74, 6) is -2.24. The molecule has 0 aromatic heterocycles. The SMILES string of the molecule is CCCCCCCCCCCOc1ccc(C(=O)Oc2ccc(C(=O)Oc3ccc(C(=O)OC(C)CCCCCC)cc3F)cc2)cc1. The standard InChI is InChI=1S/C40H51FO7/c1-4-6-8-10-11-12-13-14-16-28-45-34-23-18-31(19-24-34)38(42)47-35-25-20-32(21-26-35)39(43)48-37-27-22-33(29-36(37)41)40(44)46-30(3)17-15-9-7-5-2/h18-27,29-30H,4-17,28H2,1-3H3. The van der Waals surface area contributed by atoms with E-state index in [1.807, 2.05) is 6.92 Å². The molecule has 260 valence electrons. The average Bonchev–Trinajstić information content (AvgIpc) is 3.09. The molecule has 0 fully saturated rings. The lowest BCUT2D eigenvalue weighted by Crippen LogP contribution is -2.15. The van der Waals surface area contributed by atoms with E-state index in [-0.39, 0.29) is 28.7 Å². The second-order valence-electron chi connectivity index (χ2n) is 12.2. The minimum atomic E-state index is -0.862. The first-order chi connectivity index (χ1) is 23.3. The van der Waals surface area contributed by atoms with Crippen LogP contribution >= 0.6 is 0 Å². The van der Waals surface area contributed by atoms with Gasteiger partial charge in [0.2, 0.25) is 0 Å². The minimum Gasteiger partial charge on any atom is -0.494 e. The quantitative estimate of drug-likeness (QED) is 0.0601. The molecule has 1 unspecified atom stereocenters. The second-order valence-corrected chi connectivity index (χ2v) is 12.2. The van der Waals surface area contributed by atoms with Crippen molar-refractivity contribution in [1.29, 1.82) is 0 Å². The van der Waals surface area contributed by atoms with E-state index in [0.717, 1.165) is 51.0 Å². The highest BCUT2D eigenvalue weighted by Crippen LogP contribution is 2.23. The molecule has 3 rings (SSSR count). The number of benzene rings is 3. The highest BCUT2D eigenvalue weighted by Gasteiger charge is 2.18. The molecule has 0 N–H and O–H groups in total. The fourth-order valence-electron chi connectivity index (χ4n) is 5.15. The van der Waals surface area contributed by atoms with Gasteiger partial charge in [0.05, 0.1) is 29.4 Å². The van der Waals surface area contributed by atoms with E-state index in [2.05, 4.69) is 13.8 Å². The molecule has 7 nitrogen and oxygen atoms in total. The molecule has 3 aromatic carbocycles. The van der Waals surface area contributed by atoms with Crippen molar-refractivity contribution in [1.82, 2.24) is 0 Å². The maximum atomic E-state index is 14.7. The van der Waals surface area contributed by atoms with Crippen molar-refractivity contribution in [2.24, 2.45) is 0 Å². The summed E-state index contributed by atoms with van der Waals surface area (Å²) in [6.07, 6.45) is 16.0. The first-order valence-electron chi connectivity index (χ1n) is 17.6. The van der Waals surface area contributed by atoms with Crippen molar-refractivity contribution in [2.75, 3.05) is 6.61 Å². The Hall–Kier alpha value is -4.20. The van der Waals surface area contributed by atoms with Gasteiger partial charge in [0.25, 0.3) is 0 Å². The van der Waals surface area contributed by atoms with Crippen molar-refractivity contribution < 1.29 is 37.7 Å². The molecule has 0 heterocycles. The van der Waals surface area contributed by atoms with E-state index in [4.69, 9.17) is 18.9 Å². The normalized spacial score (nSPS) is 11.5. The number of hydrogen-bond donors (Lipinski definition) is 0. The molecule has 0 radical (unpaired) electrons. The largest absolute Gasteiger partial charge is 0.494 e. The zero-order chi connectivity index (χ0) is 34.6. The Kier molecular flexibility index (Phi) is 17.2. The van der Waals surface area contributed by atoms with E-state index in [1.54, 1.807) is 24.3 Å². The third kappa shape index (κ3) is 13.9. The third-order valence-electron chi connectivity index (χ3n) is 8.05. The van der Waals surface area contributed by atoms with Crippen LogP contribution in [0.5, 0.6) is 17.2 Å². The summed E-state index contributed by atoms with van der Waals surface area (Å²) in [5, 5.41) is 0. The summed E-state index contributed by atoms with van der Waals surface area (Å²) < 4.78 is 36.6. The van der Waals surface area contributed by atoms with Crippen LogP contribution in [0, 0.1) is 5.82 Å². The van der Waals surface area contributed by atoms with Gasteiger partial charge in [-0.3, -0.25) is 0 Å². The van der Waals surface area contributed by atoms with E-state index in [0.29, 0.717) is 17.9 Å². The summed E-state index contributed by atoms with van der Waals surface area (Å²) in [6, 6.07) is 16.1. The number of carbonyl (C=O) groups is 3. The summed E-state index contributed by atoms with van der Waals surface area (Å²) in [7, 11) is 0. The van der Waals surface area contributed by atoms with Gasteiger partial charge in [0, 0.05) is 0 Å². The Morgan fingerprint density at radius 1 is 0.583 bits per heavy atom. The molecule has 0 spiro atoms. The molecular formula is C40H51FO7. The average molecular weight is 663 g/mol. The molecule has 0 bridgehead atoms. The monoisotopic (exact) mass is 662 g/mol. The summed E-state index contributed by atoms with van der Waals surface area (Å²) in [6.45, 7) is 6.82. The summed E-state index contributed by atoms with van der Waals surface area (Å²) in [5.41, 5.74) is 0.524. The fraction of sp³-hybridized carbons (Fsp3) is 0.475. The van der Waals surface area contributed by atoms with Gasteiger partial charge in [0.1, 0.15) is 11.5 Å². The van der Waals surface area contributed by atoms with E-state index in [9.17, 15) is 18.8 Å². The zero-order valence-electron chi connectivity index (χ0n) is 28.8. The molecule has 1 atom stereocenters. The van der Waals surface area contributed by atoms with Gasteiger partial charge < -0.3 is 18.9 Å². The Morgan fingerprint density at radius 2 is 1.08 bits per heavy atom. The predicted octanol–water partition coefficient (Wildman–Crippen LogP) is 10.7. The molecule has 0 aliphatic heterocycles. The number of halogens is 1. The number of esters is 3. The smallest absolute Gasteiger partial charge is 0.343 e. The van der Waals surface area contributed by atoms with Gasteiger partial charge in [0.15, 0.2) is 11.6 Å². The minimum absolute atomic E-state index is 0.0372. The maximum absolute atomic E-state index is 14.7. The Balaban J connectivity index is 1.40. The topological polar surface area (TPSA) is 88.1 Å². The third-order valence-corrected chi connectivity index (χ3v) is 8.05. The molecule has 0 aliphatic carbocycles. The predicted molar refractivity (Wildman–Crippen MR) is 186 cm³/mol. The van der Waals surface area contributed by atoms with Crippen LogP contribution in [0.1, 0.15) is 142 Å². The van der Waals surface area contributed by atoms with Crippen LogP contribution < -0.4 is 14.2 Å². The zero-order valence-corrected chi connectivity index (χ0v) is 28.8. The lowest BCUT2D eigenvalue weighted by atomic mass is 10.1.